The standard InChI is InChI=1S/C22H27N3O4/c1-15-4-7-18(8-5-15)25-14-17(11-21(25)26)13-24-22(27)23-12-16-6-9-19(28-2)20(10-16)29-3/h4-10,17H,11-14H2,1-3H3,(H2,23,24,27). The molecular weight excluding hydrogens is 370 g/mol. The van der Waals surface area contributed by atoms with Gasteiger partial charge in [-0.15, -0.1) is 0 Å². The van der Waals surface area contributed by atoms with Crippen LogP contribution < -0.4 is 25.0 Å². The Labute approximate surface area is 171 Å². The van der Waals surface area contributed by atoms with Crippen LogP contribution in [0.2, 0.25) is 0 Å². The lowest BCUT2D eigenvalue weighted by Crippen LogP contribution is -2.38. The molecule has 7 heteroatoms. The summed E-state index contributed by atoms with van der Waals surface area (Å²) >= 11 is 0. The van der Waals surface area contributed by atoms with Crippen LogP contribution in [-0.2, 0) is 11.3 Å². The number of amides is 3. The fraction of sp³-hybridized carbons (Fsp3) is 0.364. The maximum absolute atomic E-state index is 12.3. The van der Waals surface area contributed by atoms with E-state index in [1.165, 1.54) is 0 Å². The van der Waals surface area contributed by atoms with Gasteiger partial charge in [-0.3, -0.25) is 4.79 Å². The summed E-state index contributed by atoms with van der Waals surface area (Å²) in [5, 5.41) is 5.69. The van der Waals surface area contributed by atoms with Crippen LogP contribution in [0.25, 0.3) is 0 Å². The molecule has 0 bridgehead atoms. The van der Waals surface area contributed by atoms with Crippen LogP contribution in [0.1, 0.15) is 17.5 Å². The summed E-state index contributed by atoms with van der Waals surface area (Å²) < 4.78 is 10.5. The largest absolute Gasteiger partial charge is 0.493 e. The number of hydrogen-bond donors (Lipinski definition) is 2. The maximum Gasteiger partial charge on any atom is 0.315 e. The van der Waals surface area contributed by atoms with Gasteiger partial charge in [0.25, 0.3) is 0 Å². The van der Waals surface area contributed by atoms with E-state index in [9.17, 15) is 9.59 Å². The van der Waals surface area contributed by atoms with Gasteiger partial charge in [0.2, 0.25) is 5.91 Å². The molecule has 1 fully saturated rings. The second-order valence-corrected chi connectivity index (χ2v) is 7.16. The van der Waals surface area contributed by atoms with Crippen LogP contribution in [-0.4, -0.2) is 39.2 Å². The molecule has 0 aliphatic carbocycles. The first-order valence-corrected chi connectivity index (χ1v) is 9.59. The van der Waals surface area contributed by atoms with Crippen molar-refractivity contribution in [3.8, 4) is 11.5 Å². The van der Waals surface area contributed by atoms with Crippen molar-refractivity contribution in [1.29, 1.82) is 0 Å². The van der Waals surface area contributed by atoms with Crippen molar-refractivity contribution in [1.82, 2.24) is 10.6 Å². The van der Waals surface area contributed by atoms with E-state index in [1.54, 1.807) is 25.2 Å². The average molecular weight is 397 g/mol. The molecule has 29 heavy (non-hydrogen) atoms. The monoisotopic (exact) mass is 397 g/mol. The average Bonchev–Trinajstić information content (AvgIpc) is 3.11. The van der Waals surface area contributed by atoms with Crippen molar-refractivity contribution in [2.75, 3.05) is 32.2 Å². The van der Waals surface area contributed by atoms with Crippen LogP contribution in [0.3, 0.4) is 0 Å². The molecule has 7 nitrogen and oxygen atoms in total. The zero-order valence-electron chi connectivity index (χ0n) is 17.0. The lowest BCUT2D eigenvalue weighted by molar-refractivity contribution is -0.117. The molecule has 2 N–H and O–H groups in total. The van der Waals surface area contributed by atoms with Gasteiger partial charge in [0.1, 0.15) is 0 Å². The van der Waals surface area contributed by atoms with Crippen molar-refractivity contribution in [3.63, 3.8) is 0 Å². The highest BCUT2D eigenvalue weighted by molar-refractivity contribution is 5.95. The van der Waals surface area contributed by atoms with Gasteiger partial charge >= 0.3 is 6.03 Å². The van der Waals surface area contributed by atoms with Crippen molar-refractivity contribution in [2.24, 2.45) is 5.92 Å². The second kappa shape index (κ2) is 9.32. The number of anilines is 1. The molecule has 2 aromatic carbocycles. The number of nitrogens with zero attached hydrogens (tertiary/aromatic N) is 1. The Morgan fingerprint density at radius 1 is 1.07 bits per heavy atom. The van der Waals surface area contributed by atoms with E-state index < -0.39 is 0 Å². The Hall–Kier alpha value is -3.22. The van der Waals surface area contributed by atoms with Gasteiger partial charge < -0.3 is 25.0 Å². The van der Waals surface area contributed by atoms with E-state index in [0.717, 1.165) is 16.8 Å². The number of aryl methyl sites for hydroxylation is 1. The van der Waals surface area contributed by atoms with Crippen molar-refractivity contribution < 1.29 is 19.1 Å². The molecule has 3 amide bonds. The topological polar surface area (TPSA) is 79.9 Å². The molecule has 0 spiro atoms. The molecule has 1 unspecified atom stereocenters. The number of urea groups is 1. The van der Waals surface area contributed by atoms with Gasteiger partial charge in [-0.1, -0.05) is 23.8 Å². The maximum atomic E-state index is 12.3. The summed E-state index contributed by atoms with van der Waals surface area (Å²) in [6.45, 7) is 3.44. The molecule has 1 atom stereocenters. The molecule has 1 aliphatic rings. The lowest BCUT2D eigenvalue weighted by atomic mass is 10.1. The first-order chi connectivity index (χ1) is 14.0. The van der Waals surface area contributed by atoms with Crippen LogP contribution in [0, 0.1) is 12.8 Å². The number of carbonyl (C=O) groups excluding carboxylic acids is 2. The Morgan fingerprint density at radius 3 is 2.48 bits per heavy atom. The molecule has 1 heterocycles. The number of hydrogen-bond acceptors (Lipinski definition) is 4. The highest BCUT2D eigenvalue weighted by Gasteiger charge is 2.30. The highest BCUT2D eigenvalue weighted by atomic mass is 16.5. The highest BCUT2D eigenvalue weighted by Crippen LogP contribution is 2.27. The van der Waals surface area contributed by atoms with Gasteiger partial charge in [0.15, 0.2) is 11.5 Å². The number of carbonyl (C=O) groups is 2. The molecule has 0 aromatic heterocycles. The Bertz CT molecular complexity index is 867. The normalized spacial score (nSPS) is 15.9. The van der Waals surface area contributed by atoms with Crippen LogP contribution >= 0.6 is 0 Å². The molecule has 0 radical (unpaired) electrons. The fourth-order valence-corrected chi connectivity index (χ4v) is 3.37. The molecular formula is C22H27N3O4. The molecule has 3 rings (SSSR count). The number of rotatable bonds is 7. The Morgan fingerprint density at radius 2 is 1.79 bits per heavy atom. The molecule has 0 saturated carbocycles. The molecule has 2 aromatic rings. The van der Waals surface area contributed by atoms with Crippen LogP contribution in [0.15, 0.2) is 42.5 Å². The lowest BCUT2D eigenvalue weighted by Gasteiger charge is -2.17. The van der Waals surface area contributed by atoms with Crippen molar-refractivity contribution >= 4 is 17.6 Å². The Kier molecular flexibility index (Phi) is 6.59. The fourth-order valence-electron chi connectivity index (χ4n) is 3.37. The zero-order valence-corrected chi connectivity index (χ0v) is 17.0. The number of benzene rings is 2. The quantitative estimate of drug-likeness (QED) is 0.753. The van der Waals surface area contributed by atoms with E-state index >= 15 is 0 Å². The minimum Gasteiger partial charge on any atom is -0.493 e. The predicted molar refractivity (Wildman–Crippen MR) is 111 cm³/mol. The summed E-state index contributed by atoms with van der Waals surface area (Å²) in [6, 6.07) is 13.1. The van der Waals surface area contributed by atoms with Crippen molar-refractivity contribution in [3.05, 3.63) is 53.6 Å². The summed E-state index contributed by atoms with van der Waals surface area (Å²) in [7, 11) is 3.15. The molecule has 154 valence electrons. The summed E-state index contributed by atoms with van der Waals surface area (Å²) in [6.07, 6.45) is 0.434. The first kappa shape index (κ1) is 20.5. The van der Waals surface area contributed by atoms with Gasteiger partial charge in [-0.25, -0.2) is 4.79 Å². The van der Waals surface area contributed by atoms with Gasteiger partial charge in [0.05, 0.1) is 14.2 Å². The van der Waals surface area contributed by atoms with Gasteiger partial charge in [-0.05, 0) is 36.8 Å². The summed E-state index contributed by atoms with van der Waals surface area (Å²) in [5.74, 6) is 1.44. The minimum absolute atomic E-state index is 0.0892. The van der Waals surface area contributed by atoms with Crippen molar-refractivity contribution in [2.45, 2.75) is 19.9 Å². The first-order valence-electron chi connectivity index (χ1n) is 9.59. The van der Waals surface area contributed by atoms with Gasteiger partial charge in [0, 0.05) is 37.7 Å². The third-order valence-corrected chi connectivity index (χ3v) is 5.00. The zero-order chi connectivity index (χ0) is 20.8. The van der Waals surface area contributed by atoms with E-state index in [-0.39, 0.29) is 17.9 Å². The third kappa shape index (κ3) is 5.19. The molecule has 1 saturated heterocycles. The van der Waals surface area contributed by atoms with Crippen LogP contribution in [0.5, 0.6) is 11.5 Å². The van der Waals surface area contributed by atoms with E-state index in [1.807, 2.05) is 43.3 Å². The number of ether oxygens (including phenoxy) is 2. The Balaban J connectivity index is 1.46. The predicted octanol–water partition coefficient (Wildman–Crippen LogP) is 2.86. The summed E-state index contributed by atoms with van der Waals surface area (Å²) in [4.78, 5) is 26.2. The third-order valence-electron chi connectivity index (χ3n) is 5.00. The van der Waals surface area contributed by atoms with E-state index in [2.05, 4.69) is 10.6 Å². The minimum atomic E-state index is -0.263. The van der Waals surface area contributed by atoms with E-state index in [0.29, 0.717) is 37.6 Å². The second-order valence-electron chi connectivity index (χ2n) is 7.16. The van der Waals surface area contributed by atoms with Crippen LogP contribution in [0.4, 0.5) is 10.5 Å². The van der Waals surface area contributed by atoms with E-state index in [4.69, 9.17) is 9.47 Å². The number of nitrogens with one attached hydrogen (secondary N) is 2. The van der Waals surface area contributed by atoms with Gasteiger partial charge in [-0.2, -0.15) is 0 Å². The summed E-state index contributed by atoms with van der Waals surface area (Å²) in [5.41, 5.74) is 2.96. The molecule has 1 aliphatic heterocycles. The number of methoxy groups -OCH3 is 2. The smallest absolute Gasteiger partial charge is 0.315 e. The SMILES string of the molecule is COc1ccc(CNC(=O)NCC2CC(=O)N(c3ccc(C)cc3)C2)cc1OC.